The van der Waals surface area contributed by atoms with Crippen LogP contribution in [0.1, 0.15) is 34.1 Å². The molecule has 102 valence electrons. The summed E-state index contributed by atoms with van der Waals surface area (Å²) >= 11 is 0. The van der Waals surface area contributed by atoms with E-state index in [9.17, 15) is 0 Å². The fraction of sp³-hybridized carbons (Fsp3) is 1.00. The van der Waals surface area contributed by atoms with Crippen molar-refractivity contribution >= 4 is 0 Å². The number of hydrogen-bond donors (Lipinski definition) is 2. The lowest BCUT2D eigenvalue weighted by atomic mass is 9.85. The molecule has 1 heterocycles. The number of hydrogen-bond acceptors (Lipinski definition) is 3. The third-order valence-electron chi connectivity index (χ3n) is 4.12. The third-order valence-corrected chi connectivity index (χ3v) is 4.12. The molecule has 0 aromatic carbocycles. The fourth-order valence-corrected chi connectivity index (χ4v) is 2.84. The van der Waals surface area contributed by atoms with Crippen LogP contribution in [0.5, 0.6) is 0 Å². The van der Waals surface area contributed by atoms with Crippen LogP contribution < -0.4 is 11.1 Å². The van der Waals surface area contributed by atoms with Gasteiger partial charge < -0.3 is 15.8 Å². The summed E-state index contributed by atoms with van der Waals surface area (Å²) in [5.74, 6) is 2.79. The highest BCUT2D eigenvalue weighted by molar-refractivity contribution is 4.82. The monoisotopic (exact) mass is 242 g/mol. The average Bonchev–Trinajstić information content (AvgIpc) is 2.76. The summed E-state index contributed by atoms with van der Waals surface area (Å²) in [6.45, 7) is 12.8. The van der Waals surface area contributed by atoms with E-state index in [0.717, 1.165) is 50.5 Å². The Morgan fingerprint density at radius 3 is 2.29 bits per heavy atom. The number of rotatable bonds is 7. The van der Waals surface area contributed by atoms with Crippen LogP contribution in [0.2, 0.25) is 0 Å². The summed E-state index contributed by atoms with van der Waals surface area (Å²) in [7, 11) is 0. The van der Waals surface area contributed by atoms with Gasteiger partial charge in [-0.1, -0.05) is 27.7 Å². The van der Waals surface area contributed by atoms with E-state index in [0.29, 0.717) is 12.0 Å². The molecule has 2 atom stereocenters. The Balaban J connectivity index is 2.39. The van der Waals surface area contributed by atoms with Gasteiger partial charge in [-0.2, -0.15) is 0 Å². The summed E-state index contributed by atoms with van der Waals surface area (Å²) < 4.78 is 5.45. The van der Waals surface area contributed by atoms with E-state index in [2.05, 4.69) is 33.0 Å². The molecule has 0 aromatic rings. The minimum absolute atomic E-state index is 0.428. The second-order valence-corrected chi connectivity index (χ2v) is 6.03. The molecule has 1 rings (SSSR count). The van der Waals surface area contributed by atoms with Gasteiger partial charge in [-0.05, 0) is 30.7 Å². The Morgan fingerprint density at radius 1 is 1.24 bits per heavy atom. The molecule has 1 fully saturated rings. The largest absolute Gasteiger partial charge is 0.381 e. The van der Waals surface area contributed by atoms with Gasteiger partial charge >= 0.3 is 0 Å². The molecule has 0 aliphatic carbocycles. The molecule has 17 heavy (non-hydrogen) atoms. The predicted molar refractivity (Wildman–Crippen MR) is 72.9 cm³/mol. The Kier molecular flexibility index (Phi) is 6.45. The van der Waals surface area contributed by atoms with Crippen LogP contribution in [0.4, 0.5) is 0 Å². The lowest BCUT2D eigenvalue weighted by molar-refractivity contribution is 0.173. The minimum atomic E-state index is 0.428. The van der Waals surface area contributed by atoms with Crippen LogP contribution in [0, 0.1) is 23.7 Å². The molecule has 1 saturated heterocycles. The smallest absolute Gasteiger partial charge is 0.0510 e. The first-order chi connectivity index (χ1) is 8.06. The third kappa shape index (κ3) is 4.57. The molecule has 0 amide bonds. The second kappa shape index (κ2) is 7.34. The fourth-order valence-electron chi connectivity index (χ4n) is 2.84. The first-order valence-corrected chi connectivity index (χ1v) is 7.07. The Bertz CT molecular complexity index is 192. The van der Waals surface area contributed by atoms with Gasteiger partial charge in [-0.15, -0.1) is 0 Å². The van der Waals surface area contributed by atoms with E-state index in [1.54, 1.807) is 0 Å². The quantitative estimate of drug-likeness (QED) is 0.716. The Hall–Kier alpha value is -0.120. The van der Waals surface area contributed by atoms with Gasteiger partial charge in [0.25, 0.3) is 0 Å². The topological polar surface area (TPSA) is 47.3 Å². The van der Waals surface area contributed by atoms with Crippen LogP contribution in [-0.2, 0) is 4.74 Å². The molecular weight excluding hydrogens is 212 g/mol. The summed E-state index contributed by atoms with van der Waals surface area (Å²) in [5, 5.41) is 3.67. The van der Waals surface area contributed by atoms with Crippen LogP contribution in [-0.4, -0.2) is 32.3 Å². The predicted octanol–water partition coefficient (Wildman–Crippen LogP) is 1.87. The Labute approximate surface area is 106 Å². The van der Waals surface area contributed by atoms with Crippen molar-refractivity contribution in [2.45, 2.75) is 40.2 Å². The second-order valence-electron chi connectivity index (χ2n) is 6.03. The Morgan fingerprint density at radius 2 is 1.88 bits per heavy atom. The number of nitrogens with one attached hydrogen (secondary N) is 1. The van der Waals surface area contributed by atoms with Crippen molar-refractivity contribution < 1.29 is 4.74 Å². The molecule has 0 bridgehead atoms. The van der Waals surface area contributed by atoms with E-state index in [-0.39, 0.29) is 0 Å². The van der Waals surface area contributed by atoms with Crippen molar-refractivity contribution in [1.29, 1.82) is 0 Å². The highest BCUT2D eigenvalue weighted by Crippen LogP contribution is 2.21. The standard InChI is InChI=1S/C14H30N2O/c1-10(2)13(11(3)4)8-16-14(7-15)12-5-6-17-9-12/h10-14,16H,5-9,15H2,1-4H3. The summed E-state index contributed by atoms with van der Waals surface area (Å²) in [4.78, 5) is 0. The lowest BCUT2D eigenvalue weighted by Gasteiger charge is -2.29. The zero-order valence-electron chi connectivity index (χ0n) is 11.9. The van der Waals surface area contributed by atoms with Gasteiger partial charge in [0.1, 0.15) is 0 Å². The molecule has 3 heteroatoms. The van der Waals surface area contributed by atoms with Gasteiger partial charge in [-0.25, -0.2) is 0 Å². The van der Waals surface area contributed by atoms with Crippen molar-refractivity contribution in [2.75, 3.05) is 26.3 Å². The van der Waals surface area contributed by atoms with Crippen molar-refractivity contribution in [3.8, 4) is 0 Å². The number of nitrogens with two attached hydrogens (primary N) is 1. The van der Waals surface area contributed by atoms with Crippen LogP contribution in [0.25, 0.3) is 0 Å². The molecule has 1 aliphatic heterocycles. The first kappa shape index (κ1) is 14.9. The van der Waals surface area contributed by atoms with Crippen LogP contribution in [0.3, 0.4) is 0 Å². The van der Waals surface area contributed by atoms with Crippen LogP contribution in [0.15, 0.2) is 0 Å². The molecule has 0 aromatic heterocycles. The molecule has 1 aliphatic rings. The zero-order valence-corrected chi connectivity index (χ0v) is 11.9. The SMILES string of the molecule is CC(C)C(CNC(CN)C1CCOC1)C(C)C. The highest BCUT2D eigenvalue weighted by atomic mass is 16.5. The molecule has 3 nitrogen and oxygen atoms in total. The average molecular weight is 242 g/mol. The van der Waals surface area contributed by atoms with E-state index in [4.69, 9.17) is 10.5 Å². The van der Waals surface area contributed by atoms with E-state index in [1.807, 2.05) is 0 Å². The van der Waals surface area contributed by atoms with Crippen molar-refractivity contribution in [3.63, 3.8) is 0 Å². The maximum absolute atomic E-state index is 5.87. The molecular formula is C14H30N2O. The minimum Gasteiger partial charge on any atom is -0.381 e. The number of ether oxygens (including phenoxy) is 1. The van der Waals surface area contributed by atoms with Gasteiger partial charge in [0.2, 0.25) is 0 Å². The molecule has 2 unspecified atom stereocenters. The lowest BCUT2D eigenvalue weighted by Crippen LogP contribution is -2.45. The highest BCUT2D eigenvalue weighted by Gasteiger charge is 2.26. The molecule has 0 saturated carbocycles. The maximum Gasteiger partial charge on any atom is 0.0510 e. The molecule has 3 N–H and O–H groups in total. The van der Waals surface area contributed by atoms with E-state index < -0.39 is 0 Å². The van der Waals surface area contributed by atoms with E-state index >= 15 is 0 Å². The van der Waals surface area contributed by atoms with Gasteiger partial charge in [0, 0.05) is 25.1 Å². The summed E-state index contributed by atoms with van der Waals surface area (Å²) in [5.41, 5.74) is 5.87. The van der Waals surface area contributed by atoms with Crippen molar-refractivity contribution in [2.24, 2.45) is 29.4 Å². The van der Waals surface area contributed by atoms with Gasteiger partial charge in [0.05, 0.1) is 6.61 Å². The normalized spacial score (nSPS) is 22.9. The van der Waals surface area contributed by atoms with Crippen molar-refractivity contribution in [1.82, 2.24) is 5.32 Å². The van der Waals surface area contributed by atoms with Gasteiger partial charge in [0.15, 0.2) is 0 Å². The van der Waals surface area contributed by atoms with Crippen LogP contribution >= 0.6 is 0 Å². The molecule has 0 radical (unpaired) electrons. The zero-order chi connectivity index (χ0) is 12.8. The van der Waals surface area contributed by atoms with E-state index in [1.165, 1.54) is 0 Å². The summed E-state index contributed by atoms with van der Waals surface area (Å²) in [6, 6.07) is 0.428. The summed E-state index contributed by atoms with van der Waals surface area (Å²) in [6.07, 6.45) is 1.16. The maximum atomic E-state index is 5.87. The van der Waals surface area contributed by atoms with Crippen molar-refractivity contribution in [3.05, 3.63) is 0 Å². The first-order valence-electron chi connectivity index (χ1n) is 7.07. The van der Waals surface area contributed by atoms with Gasteiger partial charge in [-0.3, -0.25) is 0 Å². The molecule has 0 spiro atoms.